The number of likely N-dealkylation sites (tertiary alicyclic amines) is 1. The Kier molecular flexibility index (Phi) is 6.39. The molecule has 2 heterocycles. The third kappa shape index (κ3) is 5.26. The molecule has 8 heteroatoms. The average molecular weight is 393 g/mol. The second-order valence-corrected chi connectivity index (χ2v) is 7.45. The highest BCUT2D eigenvalue weighted by Crippen LogP contribution is 2.22. The monoisotopic (exact) mass is 393 g/mol. The van der Waals surface area contributed by atoms with Crippen LogP contribution in [0.3, 0.4) is 0 Å². The van der Waals surface area contributed by atoms with Gasteiger partial charge in [0.05, 0.1) is 10.6 Å². The lowest BCUT2D eigenvalue weighted by Gasteiger charge is -2.32. The van der Waals surface area contributed by atoms with Crippen molar-refractivity contribution in [2.75, 3.05) is 25.0 Å². The summed E-state index contributed by atoms with van der Waals surface area (Å²) in [6, 6.07) is 6.32. The maximum atomic E-state index is 13.6. The van der Waals surface area contributed by atoms with Gasteiger partial charge in [-0.05, 0) is 48.8 Å². The normalized spacial score (nSPS) is 14.8. The van der Waals surface area contributed by atoms with Crippen LogP contribution in [0.5, 0.6) is 0 Å². The number of carbonyl (C=O) groups is 2. The van der Waals surface area contributed by atoms with Gasteiger partial charge in [0.15, 0.2) is 0 Å². The van der Waals surface area contributed by atoms with Gasteiger partial charge in [0.1, 0.15) is 11.6 Å². The van der Waals surface area contributed by atoms with Crippen LogP contribution >= 0.6 is 11.3 Å². The summed E-state index contributed by atoms with van der Waals surface area (Å²) in [5.41, 5.74) is -0.0280. The van der Waals surface area contributed by atoms with E-state index in [0.717, 1.165) is 31.4 Å². The summed E-state index contributed by atoms with van der Waals surface area (Å²) in [6.45, 7) is 1.74. The molecule has 0 radical (unpaired) electrons. The van der Waals surface area contributed by atoms with Gasteiger partial charge in [0, 0.05) is 25.7 Å². The Morgan fingerprint density at radius 3 is 2.63 bits per heavy atom. The quantitative estimate of drug-likeness (QED) is 0.804. The van der Waals surface area contributed by atoms with Crippen molar-refractivity contribution in [1.29, 1.82) is 0 Å². The van der Waals surface area contributed by atoms with E-state index in [-0.39, 0.29) is 17.6 Å². The van der Waals surface area contributed by atoms with Crippen LogP contribution < -0.4 is 10.6 Å². The van der Waals surface area contributed by atoms with E-state index in [9.17, 15) is 18.4 Å². The zero-order valence-electron chi connectivity index (χ0n) is 14.7. The van der Waals surface area contributed by atoms with Gasteiger partial charge < -0.3 is 15.5 Å². The Balaban J connectivity index is 1.39. The van der Waals surface area contributed by atoms with E-state index >= 15 is 0 Å². The molecule has 2 aromatic rings. The van der Waals surface area contributed by atoms with Crippen molar-refractivity contribution in [3.8, 4) is 0 Å². The molecule has 0 aliphatic carbocycles. The van der Waals surface area contributed by atoms with Crippen molar-refractivity contribution in [2.24, 2.45) is 5.92 Å². The van der Waals surface area contributed by atoms with Crippen LogP contribution in [0.1, 0.15) is 28.9 Å². The van der Waals surface area contributed by atoms with Crippen molar-refractivity contribution < 1.29 is 18.4 Å². The Morgan fingerprint density at radius 2 is 1.96 bits per heavy atom. The minimum Gasteiger partial charge on any atom is -0.351 e. The van der Waals surface area contributed by atoms with Gasteiger partial charge in [-0.25, -0.2) is 13.6 Å². The molecule has 5 nitrogen and oxygen atoms in total. The molecule has 0 saturated carbocycles. The second-order valence-electron chi connectivity index (χ2n) is 6.51. The lowest BCUT2D eigenvalue weighted by atomic mass is 9.94. The van der Waals surface area contributed by atoms with Crippen molar-refractivity contribution in [2.45, 2.75) is 19.3 Å². The zero-order valence-corrected chi connectivity index (χ0v) is 15.5. The van der Waals surface area contributed by atoms with Gasteiger partial charge in [0.25, 0.3) is 5.91 Å². The molecule has 0 unspecified atom stereocenters. The van der Waals surface area contributed by atoms with Crippen molar-refractivity contribution in [3.05, 3.63) is 52.2 Å². The fraction of sp³-hybridized carbons (Fsp3) is 0.368. The number of piperidine rings is 1. The number of carbonyl (C=O) groups excluding carboxylic acids is 2. The van der Waals surface area contributed by atoms with Gasteiger partial charge >= 0.3 is 6.03 Å². The van der Waals surface area contributed by atoms with Gasteiger partial charge in [-0.2, -0.15) is 0 Å². The smallest absolute Gasteiger partial charge is 0.321 e. The average Bonchev–Trinajstić information content (AvgIpc) is 3.19. The SMILES string of the molecule is O=C(NCCC1CCN(C(=O)Nc2ccc(F)cc2F)CC1)c1cccs1. The van der Waals surface area contributed by atoms with E-state index in [2.05, 4.69) is 10.6 Å². The number of amides is 3. The Labute approximate surface area is 160 Å². The molecule has 0 bridgehead atoms. The van der Waals surface area contributed by atoms with Gasteiger partial charge in [-0.15, -0.1) is 11.3 Å². The highest BCUT2D eigenvalue weighted by Gasteiger charge is 2.23. The third-order valence-electron chi connectivity index (χ3n) is 4.66. The molecule has 27 heavy (non-hydrogen) atoms. The predicted octanol–water partition coefficient (Wildman–Crippen LogP) is 4.09. The molecule has 3 amide bonds. The van der Waals surface area contributed by atoms with E-state index < -0.39 is 11.6 Å². The number of urea groups is 1. The van der Waals surface area contributed by atoms with Crippen LogP contribution in [0, 0.1) is 17.6 Å². The van der Waals surface area contributed by atoms with Crippen LogP contribution in [0.2, 0.25) is 0 Å². The molecule has 1 aromatic carbocycles. The minimum absolute atomic E-state index is 0.0280. The molecule has 1 aliphatic rings. The molecule has 2 N–H and O–H groups in total. The topological polar surface area (TPSA) is 61.4 Å². The first-order chi connectivity index (χ1) is 13.0. The third-order valence-corrected chi connectivity index (χ3v) is 5.53. The first kappa shape index (κ1) is 19.3. The number of anilines is 1. The summed E-state index contributed by atoms with van der Waals surface area (Å²) < 4.78 is 26.6. The van der Waals surface area contributed by atoms with E-state index in [4.69, 9.17) is 0 Å². The van der Waals surface area contributed by atoms with Crippen LogP contribution in [-0.4, -0.2) is 36.5 Å². The standard InChI is InChI=1S/C19H21F2N3O2S/c20-14-3-4-16(15(21)12-14)23-19(26)24-9-6-13(7-10-24)5-8-22-18(25)17-2-1-11-27-17/h1-4,11-13H,5-10H2,(H,22,25)(H,23,26). The number of nitrogens with one attached hydrogen (secondary N) is 2. The number of halogens is 2. The van der Waals surface area contributed by atoms with Crippen LogP contribution in [0.4, 0.5) is 19.3 Å². The van der Waals surface area contributed by atoms with E-state index in [0.29, 0.717) is 30.4 Å². The van der Waals surface area contributed by atoms with Gasteiger partial charge in [-0.1, -0.05) is 6.07 Å². The molecule has 1 aliphatic heterocycles. The number of rotatable bonds is 5. The lowest BCUT2D eigenvalue weighted by molar-refractivity contribution is 0.0953. The summed E-state index contributed by atoms with van der Waals surface area (Å²) in [5, 5.41) is 7.27. The highest BCUT2D eigenvalue weighted by atomic mass is 32.1. The second kappa shape index (κ2) is 8.94. The van der Waals surface area contributed by atoms with Gasteiger partial charge in [-0.3, -0.25) is 4.79 Å². The largest absolute Gasteiger partial charge is 0.351 e. The molecular formula is C19H21F2N3O2S. The Bertz CT molecular complexity index is 790. The Morgan fingerprint density at radius 1 is 1.19 bits per heavy atom. The summed E-state index contributed by atoms with van der Waals surface area (Å²) in [7, 11) is 0. The zero-order chi connectivity index (χ0) is 19.2. The maximum Gasteiger partial charge on any atom is 0.321 e. The molecule has 0 atom stereocenters. The fourth-order valence-corrected chi connectivity index (χ4v) is 3.73. The molecule has 3 rings (SSSR count). The summed E-state index contributed by atoms with van der Waals surface area (Å²) in [6.07, 6.45) is 2.52. The molecule has 1 saturated heterocycles. The molecule has 1 fully saturated rings. The summed E-state index contributed by atoms with van der Waals surface area (Å²) in [4.78, 5) is 26.5. The van der Waals surface area contributed by atoms with Crippen LogP contribution in [0.15, 0.2) is 35.7 Å². The molecular weight excluding hydrogens is 372 g/mol. The molecule has 1 aromatic heterocycles. The van der Waals surface area contributed by atoms with Crippen molar-refractivity contribution in [1.82, 2.24) is 10.2 Å². The fourth-order valence-electron chi connectivity index (χ4n) is 3.09. The maximum absolute atomic E-state index is 13.6. The number of thiophene rings is 1. The molecule has 0 spiro atoms. The minimum atomic E-state index is -0.792. The van der Waals surface area contributed by atoms with E-state index in [1.165, 1.54) is 17.4 Å². The van der Waals surface area contributed by atoms with Gasteiger partial charge in [0.2, 0.25) is 0 Å². The predicted molar refractivity (Wildman–Crippen MR) is 101 cm³/mol. The molecule has 144 valence electrons. The number of nitrogens with zero attached hydrogens (tertiary/aromatic N) is 1. The summed E-state index contributed by atoms with van der Waals surface area (Å²) in [5.74, 6) is -1.10. The lowest BCUT2D eigenvalue weighted by Crippen LogP contribution is -2.41. The first-order valence-corrected chi connectivity index (χ1v) is 9.73. The Hall–Kier alpha value is -2.48. The van der Waals surface area contributed by atoms with Crippen molar-refractivity contribution in [3.63, 3.8) is 0 Å². The number of hydrogen-bond acceptors (Lipinski definition) is 3. The highest BCUT2D eigenvalue weighted by molar-refractivity contribution is 7.12. The van der Waals surface area contributed by atoms with Crippen LogP contribution in [0.25, 0.3) is 0 Å². The van der Waals surface area contributed by atoms with E-state index in [1.807, 2.05) is 11.4 Å². The number of benzene rings is 1. The van der Waals surface area contributed by atoms with E-state index in [1.54, 1.807) is 11.0 Å². The van der Waals surface area contributed by atoms with Crippen molar-refractivity contribution >= 4 is 29.0 Å². The first-order valence-electron chi connectivity index (χ1n) is 8.85. The van der Waals surface area contributed by atoms with Crippen LogP contribution in [-0.2, 0) is 0 Å². The number of hydrogen-bond donors (Lipinski definition) is 2. The summed E-state index contributed by atoms with van der Waals surface area (Å²) >= 11 is 1.41.